The van der Waals surface area contributed by atoms with Crippen LogP contribution in [0.4, 0.5) is 11.5 Å². The molecular weight excluding hydrogens is 418 g/mol. The van der Waals surface area contributed by atoms with Crippen molar-refractivity contribution in [3.05, 3.63) is 47.7 Å². The first kappa shape index (κ1) is 24.3. The van der Waals surface area contributed by atoms with E-state index in [9.17, 15) is 23.1 Å². The van der Waals surface area contributed by atoms with E-state index < -0.39 is 16.0 Å². The number of nitrogens with one attached hydrogen (secondary N) is 1. The lowest BCUT2D eigenvalue weighted by atomic mass is 10.1. The average Bonchev–Trinajstić information content (AvgIpc) is 2.66. The summed E-state index contributed by atoms with van der Waals surface area (Å²) < 4.78 is 28.5. The topological polar surface area (TPSA) is 117 Å². The Hall–Kier alpha value is -2.94. The van der Waals surface area contributed by atoms with Gasteiger partial charge in [-0.05, 0) is 37.0 Å². The maximum atomic E-state index is 13.0. The molecule has 0 saturated carbocycles. The van der Waals surface area contributed by atoms with Crippen molar-refractivity contribution in [3.63, 3.8) is 0 Å². The Balaban J connectivity index is 2.52. The molecule has 2 N–H and O–H groups in total. The number of carbonyl (C=O) groups is 2. The van der Waals surface area contributed by atoms with E-state index >= 15 is 0 Å². The first-order chi connectivity index (χ1) is 14.4. The lowest BCUT2D eigenvalue weighted by molar-refractivity contribution is 0.0696. The van der Waals surface area contributed by atoms with Crippen LogP contribution in [0, 0.1) is 11.8 Å². The van der Waals surface area contributed by atoms with Gasteiger partial charge in [-0.15, -0.1) is 0 Å². The zero-order chi connectivity index (χ0) is 23.3. The van der Waals surface area contributed by atoms with Crippen molar-refractivity contribution in [1.29, 1.82) is 0 Å². The highest BCUT2D eigenvalue weighted by molar-refractivity contribution is 7.92. The summed E-state index contributed by atoms with van der Waals surface area (Å²) in [6.07, 6.45) is 1.23. The fraction of sp³-hybridized carbons (Fsp3) is 0.409. The van der Waals surface area contributed by atoms with Gasteiger partial charge in [-0.25, -0.2) is 18.2 Å². The second-order valence-corrected chi connectivity index (χ2v) is 9.96. The van der Waals surface area contributed by atoms with Crippen LogP contribution in [0.2, 0.25) is 0 Å². The minimum absolute atomic E-state index is 0.0385. The number of aromatic nitrogens is 1. The second-order valence-electron chi connectivity index (χ2n) is 8.28. The van der Waals surface area contributed by atoms with Crippen LogP contribution in [0.1, 0.15) is 55.3 Å². The molecule has 0 aliphatic rings. The van der Waals surface area contributed by atoms with Crippen molar-refractivity contribution in [1.82, 2.24) is 4.98 Å². The first-order valence-electron chi connectivity index (χ1n) is 10.0. The van der Waals surface area contributed by atoms with E-state index in [1.165, 1.54) is 43.5 Å². The summed E-state index contributed by atoms with van der Waals surface area (Å²) in [6.45, 7) is 10.8. The number of carbonyl (C=O) groups excluding carboxylic acids is 1. The van der Waals surface area contributed by atoms with Crippen molar-refractivity contribution < 1.29 is 23.1 Å². The number of nitrogens with zero attached hydrogens (tertiary/aromatic N) is 2. The van der Waals surface area contributed by atoms with Crippen LogP contribution in [0.3, 0.4) is 0 Å². The molecule has 0 spiro atoms. The van der Waals surface area contributed by atoms with Crippen LogP contribution in [0.25, 0.3) is 0 Å². The molecule has 1 aromatic carbocycles. The fourth-order valence-corrected chi connectivity index (χ4v) is 4.16. The Bertz CT molecular complexity index is 1040. The SMILES string of the molecule is CC(=O)c1ccc(S(=O)(=O)Nc2cc(C(=O)O)cnc2N(CC(C)C)CC(C)C)cc1. The van der Waals surface area contributed by atoms with E-state index in [0.717, 1.165) is 0 Å². The molecule has 0 amide bonds. The third-order valence-corrected chi connectivity index (χ3v) is 5.78. The number of carboxylic acid groups (broad SMARTS) is 1. The van der Waals surface area contributed by atoms with E-state index in [1.807, 2.05) is 32.6 Å². The van der Waals surface area contributed by atoms with Crippen LogP contribution < -0.4 is 9.62 Å². The van der Waals surface area contributed by atoms with Crippen LogP contribution in [-0.2, 0) is 10.0 Å². The number of ketones is 1. The van der Waals surface area contributed by atoms with Crippen LogP contribution in [0.5, 0.6) is 0 Å². The van der Waals surface area contributed by atoms with E-state index in [4.69, 9.17) is 0 Å². The Labute approximate surface area is 183 Å². The molecule has 0 aliphatic heterocycles. The molecule has 0 atom stereocenters. The summed E-state index contributed by atoms with van der Waals surface area (Å²) in [5, 5.41) is 9.36. The predicted molar refractivity (Wildman–Crippen MR) is 120 cm³/mol. The maximum absolute atomic E-state index is 13.0. The Kier molecular flexibility index (Phi) is 7.78. The molecule has 0 unspecified atom stereocenters. The van der Waals surface area contributed by atoms with Gasteiger partial charge in [-0.3, -0.25) is 9.52 Å². The van der Waals surface area contributed by atoms with Gasteiger partial charge >= 0.3 is 5.97 Å². The van der Waals surface area contributed by atoms with Crippen molar-refractivity contribution in [2.75, 3.05) is 22.7 Å². The molecule has 0 saturated heterocycles. The number of pyridine rings is 1. The Morgan fingerprint density at radius 1 is 1.03 bits per heavy atom. The van der Waals surface area contributed by atoms with Gasteiger partial charge in [0.15, 0.2) is 11.6 Å². The molecule has 31 heavy (non-hydrogen) atoms. The third kappa shape index (κ3) is 6.52. The number of hydrogen-bond donors (Lipinski definition) is 2. The Morgan fingerprint density at radius 3 is 2.03 bits per heavy atom. The molecule has 168 valence electrons. The number of hydrogen-bond acceptors (Lipinski definition) is 6. The van der Waals surface area contributed by atoms with Crippen molar-refractivity contribution in [2.45, 2.75) is 39.5 Å². The minimum Gasteiger partial charge on any atom is -0.478 e. The maximum Gasteiger partial charge on any atom is 0.337 e. The van der Waals surface area contributed by atoms with Crippen LogP contribution in [0.15, 0.2) is 41.4 Å². The molecule has 2 rings (SSSR count). The van der Waals surface area contributed by atoms with E-state index in [-0.39, 0.29) is 33.8 Å². The van der Waals surface area contributed by atoms with Gasteiger partial charge in [-0.1, -0.05) is 39.8 Å². The van der Waals surface area contributed by atoms with Gasteiger partial charge in [0.25, 0.3) is 10.0 Å². The van der Waals surface area contributed by atoms with Gasteiger partial charge in [0.1, 0.15) is 0 Å². The standard InChI is InChI=1S/C22H29N3O5S/c1-14(2)12-25(13-15(3)4)21-20(10-18(11-23-21)22(27)28)24-31(29,30)19-8-6-17(7-9-19)16(5)26/h6-11,14-15,24H,12-13H2,1-5H3,(H,27,28). The number of rotatable bonds is 10. The van der Waals surface area contributed by atoms with E-state index in [1.54, 1.807) is 0 Å². The lowest BCUT2D eigenvalue weighted by Crippen LogP contribution is -2.33. The average molecular weight is 448 g/mol. The predicted octanol–water partition coefficient (Wildman–Crippen LogP) is 3.90. The van der Waals surface area contributed by atoms with Gasteiger partial charge < -0.3 is 10.0 Å². The quantitative estimate of drug-likeness (QED) is 0.531. The van der Waals surface area contributed by atoms with E-state index in [2.05, 4.69) is 9.71 Å². The van der Waals surface area contributed by atoms with Crippen LogP contribution >= 0.6 is 0 Å². The smallest absolute Gasteiger partial charge is 0.337 e. The molecule has 9 heteroatoms. The van der Waals surface area contributed by atoms with Crippen molar-refractivity contribution in [2.24, 2.45) is 11.8 Å². The molecule has 0 bridgehead atoms. The van der Waals surface area contributed by atoms with Crippen LogP contribution in [-0.4, -0.2) is 43.4 Å². The highest BCUT2D eigenvalue weighted by Crippen LogP contribution is 2.29. The van der Waals surface area contributed by atoms with Crippen molar-refractivity contribution >= 4 is 33.3 Å². The third-order valence-electron chi connectivity index (χ3n) is 4.40. The number of benzene rings is 1. The monoisotopic (exact) mass is 447 g/mol. The molecular formula is C22H29N3O5S. The summed E-state index contributed by atoms with van der Waals surface area (Å²) in [5.41, 5.74) is 0.369. The highest BCUT2D eigenvalue weighted by atomic mass is 32.2. The summed E-state index contributed by atoms with van der Waals surface area (Å²) in [5.74, 6) is -0.442. The molecule has 0 fully saturated rings. The molecule has 1 heterocycles. The first-order valence-corrected chi connectivity index (χ1v) is 11.5. The molecule has 8 nitrogen and oxygen atoms in total. The van der Waals surface area contributed by atoms with Gasteiger partial charge in [0, 0.05) is 24.8 Å². The molecule has 0 radical (unpaired) electrons. The molecule has 1 aromatic heterocycles. The number of anilines is 2. The summed E-state index contributed by atoms with van der Waals surface area (Å²) >= 11 is 0. The zero-order valence-electron chi connectivity index (χ0n) is 18.4. The number of sulfonamides is 1. The van der Waals surface area contributed by atoms with Gasteiger partial charge in [-0.2, -0.15) is 0 Å². The number of Topliss-reactive ketones (excluding diaryl/α,β-unsaturated/α-hetero) is 1. The lowest BCUT2D eigenvalue weighted by Gasteiger charge is -2.29. The largest absolute Gasteiger partial charge is 0.478 e. The fourth-order valence-electron chi connectivity index (χ4n) is 3.10. The van der Waals surface area contributed by atoms with E-state index in [0.29, 0.717) is 24.5 Å². The minimum atomic E-state index is -4.03. The zero-order valence-corrected chi connectivity index (χ0v) is 19.2. The Morgan fingerprint density at radius 2 is 1.58 bits per heavy atom. The number of aromatic carboxylic acids is 1. The van der Waals surface area contributed by atoms with Gasteiger partial charge in [0.05, 0.1) is 16.1 Å². The summed E-state index contributed by atoms with van der Waals surface area (Å²) in [6, 6.07) is 6.83. The summed E-state index contributed by atoms with van der Waals surface area (Å²) in [4.78, 5) is 29.1. The number of carboxylic acids is 1. The highest BCUT2D eigenvalue weighted by Gasteiger charge is 2.22. The van der Waals surface area contributed by atoms with Gasteiger partial charge in [0.2, 0.25) is 0 Å². The normalized spacial score (nSPS) is 11.6. The second kappa shape index (κ2) is 9.91. The van der Waals surface area contributed by atoms with Crippen molar-refractivity contribution in [3.8, 4) is 0 Å². The molecule has 2 aromatic rings. The molecule has 0 aliphatic carbocycles. The summed E-state index contributed by atoms with van der Waals surface area (Å²) in [7, 11) is -4.03.